The molecule has 0 N–H and O–H groups in total. The summed E-state index contributed by atoms with van der Waals surface area (Å²) in [6.07, 6.45) is 2.46. The molecule has 3 aromatic rings. The van der Waals surface area contributed by atoms with Gasteiger partial charge in [-0.25, -0.2) is 0 Å². The zero-order valence-corrected chi connectivity index (χ0v) is 14.1. The lowest BCUT2D eigenvalue weighted by Crippen LogP contribution is -2.31. The number of para-hydroxylation sites is 1. The zero-order valence-electron chi connectivity index (χ0n) is 14.1. The van der Waals surface area contributed by atoms with E-state index in [9.17, 15) is 4.79 Å². The average Bonchev–Trinajstić information content (AvgIpc) is 3.16. The molecule has 0 bridgehead atoms. The first-order valence-corrected chi connectivity index (χ1v) is 8.54. The topological polar surface area (TPSA) is 66.2 Å². The number of carbonyl (C=O) groups is 1. The van der Waals surface area contributed by atoms with E-state index in [-0.39, 0.29) is 12.0 Å². The fourth-order valence-corrected chi connectivity index (χ4v) is 3.26. The molecule has 0 saturated carbocycles. The van der Waals surface area contributed by atoms with Crippen LogP contribution in [0.5, 0.6) is 5.75 Å². The van der Waals surface area contributed by atoms with Crippen LogP contribution >= 0.6 is 0 Å². The minimum Gasteiger partial charge on any atom is -0.486 e. The van der Waals surface area contributed by atoms with Gasteiger partial charge in [0.15, 0.2) is 0 Å². The standard InChI is InChI=1S/C21H17N3O2/c22-13-15-4-1-6-17(12-15)21(25)24-11-9-18(14-24)26-19-8-2-5-16-7-3-10-23-20(16)19/h1-8,10,12,18H,9,11,14H2/t18-/m1/s1. The lowest BCUT2D eigenvalue weighted by atomic mass is 10.1. The number of aromatic nitrogens is 1. The predicted molar refractivity (Wildman–Crippen MR) is 97.8 cm³/mol. The summed E-state index contributed by atoms with van der Waals surface area (Å²) >= 11 is 0. The van der Waals surface area contributed by atoms with Gasteiger partial charge in [0.25, 0.3) is 5.91 Å². The Hall–Kier alpha value is -3.39. The Morgan fingerprint density at radius 1 is 1.19 bits per heavy atom. The second kappa shape index (κ2) is 6.85. The number of carbonyl (C=O) groups excluding carboxylic acids is 1. The highest BCUT2D eigenvalue weighted by Gasteiger charge is 2.28. The lowest BCUT2D eigenvalue weighted by Gasteiger charge is -2.18. The number of fused-ring (bicyclic) bond motifs is 1. The number of pyridine rings is 1. The molecular weight excluding hydrogens is 326 g/mol. The van der Waals surface area contributed by atoms with Gasteiger partial charge in [-0.1, -0.05) is 24.3 Å². The summed E-state index contributed by atoms with van der Waals surface area (Å²) in [5.41, 5.74) is 1.86. The zero-order chi connectivity index (χ0) is 17.9. The SMILES string of the molecule is N#Cc1cccc(C(=O)N2CC[C@@H](Oc3cccc4cccnc34)C2)c1. The van der Waals surface area contributed by atoms with Crippen LogP contribution in [0.1, 0.15) is 22.3 Å². The van der Waals surface area contributed by atoms with E-state index < -0.39 is 0 Å². The van der Waals surface area contributed by atoms with E-state index in [1.807, 2.05) is 30.3 Å². The first-order chi connectivity index (χ1) is 12.7. The predicted octanol–water partition coefficient (Wildman–Crippen LogP) is 3.40. The third-order valence-electron chi connectivity index (χ3n) is 4.56. The molecule has 1 amide bonds. The summed E-state index contributed by atoms with van der Waals surface area (Å²) in [4.78, 5) is 18.9. The quantitative estimate of drug-likeness (QED) is 0.731. The van der Waals surface area contributed by atoms with Crippen molar-refractivity contribution in [1.29, 1.82) is 5.26 Å². The number of ether oxygens (including phenoxy) is 1. The van der Waals surface area contributed by atoms with Gasteiger partial charge in [-0.3, -0.25) is 9.78 Å². The van der Waals surface area contributed by atoms with Gasteiger partial charge in [0, 0.05) is 30.1 Å². The van der Waals surface area contributed by atoms with Gasteiger partial charge in [-0.05, 0) is 30.3 Å². The van der Waals surface area contributed by atoms with Crippen LogP contribution < -0.4 is 4.74 Å². The second-order valence-corrected chi connectivity index (χ2v) is 6.30. The Bertz CT molecular complexity index is 1000. The molecule has 1 atom stereocenters. The lowest BCUT2D eigenvalue weighted by molar-refractivity contribution is 0.0772. The molecule has 0 spiro atoms. The summed E-state index contributed by atoms with van der Waals surface area (Å²) in [6, 6.07) is 18.6. The molecule has 2 aromatic carbocycles. The molecule has 128 valence electrons. The van der Waals surface area contributed by atoms with Crippen molar-refractivity contribution in [2.45, 2.75) is 12.5 Å². The van der Waals surface area contributed by atoms with E-state index in [0.29, 0.717) is 24.2 Å². The van der Waals surface area contributed by atoms with Crippen LogP contribution in [0.25, 0.3) is 10.9 Å². The first-order valence-electron chi connectivity index (χ1n) is 8.54. The van der Waals surface area contributed by atoms with Crippen molar-refractivity contribution in [3.8, 4) is 11.8 Å². The molecule has 1 aromatic heterocycles. The van der Waals surface area contributed by atoms with Gasteiger partial charge < -0.3 is 9.64 Å². The summed E-state index contributed by atoms with van der Waals surface area (Å²) in [5, 5.41) is 10.0. The average molecular weight is 343 g/mol. The summed E-state index contributed by atoms with van der Waals surface area (Å²) < 4.78 is 6.14. The van der Waals surface area contributed by atoms with Crippen molar-refractivity contribution in [2.75, 3.05) is 13.1 Å². The number of hydrogen-bond acceptors (Lipinski definition) is 4. The monoisotopic (exact) mass is 343 g/mol. The molecule has 0 radical (unpaired) electrons. The van der Waals surface area contributed by atoms with Crippen LogP contribution in [-0.2, 0) is 0 Å². The van der Waals surface area contributed by atoms with E-state index >= 15 is 0 Å². The highest BCUT2D eigenvalue weighted by molar-refractivity contribution is 5.94. The third-order valence-corrected chi connectivity index (χ3v) is 4.56. The van der Waals surface area contributed by atoms with Crippen molar-refractivity contribution >= 4 is 16.8 Å². The highest BCUT2D eigenvalue weighted by atomic mass is 16.5. The third kappa shape index (κ3) is 3.09. The number of hydrogen-bond donors (Lipinski definition) is 0. The number of likely N-dealkylation sites (tertiary alicyclic amines) is 1. The summed E-state index contributed by atoms with van der Waals surface area (Å²) in [6.45, 7) is 1.16. The molecule has 1 aliphatic rings. The van der Waals surface area contributed by atoms with Crippen molar-refractivity contribution < 1.29 is 9.53 Å². The molecule has 0 aliphatic carbocycles. The highest BCUT2D eigenvalue weighted by Crippen LogP contribution is 2.26. The Balaban J connectivity index is 1.48. The smallest absolute Gasteiger partial charge is 0.254 e. The Morgan fingerprint density at radius 3 is 2.92 bits per heavy atom. The minimum absolute atomic E-state index is 0.0642. The number of nitriles is 1. The Labute approximate surface area is 151 Å². The summed E-state index contributed by atoms with van der Waals surface area (Å²) in [5.74, 6) is 0.679. The van der Waals surface area contributed by atoms with Crippen molar-refractivity contribution in [2.24, 2.45) is 0 Å². The van der Waals surface area contributed by atoms with E-state index in [1.54, 1.807) is 35.4 Å². The molecule has 1 fully saturated rings. The van der Waals surface area contributed by atoms with E-state index in [1.165, 1.54) is 0 Å². The fraction of sp³-hybridized carbons (Fsp3) is 0.190. The van der Waals surface area contributed by atoms with Gasteiger partial charge in [0.2, 0.25) is 0 Å². The van der Waals surface area contributed by atoms with Crippen molar-refractivity contribution in [3.05, 3.63) is 71.9 Å². The minimum atomic E-state index is -0.0655. The van der Waals surface area contributed by atoms with Gasteiger partial charge >= 0.3 is 0 Å². The molecule has 0 unspecified atom stereocenters. The molecule has 1 saturated heterocycles. The number of nitrogens with zero attached hydrogens (tertiary/aromatic N) is 3. The van der Waals surface area contributed by atoms with Crippen LogP contribution in [0.3, 0.4) is 0 Å². The van der Waals surface area contributed by atoms with Gasteiger partial charge in [-0.2, -0.15) is 5.26 Å². The molecule has 4 rings (SSSR count). The van der Waals surface area contributed by atoms with E-state index in [0.717, 1.165) is 23.1 Å². The maximum atomic E-state index is 12.7. The molecule has 1 aliphatic heterocycles. The second-order valence-electron chi connectivity index (χ2n) is 6.30. The van der Waals surface area contributed by atoms with Crippen LogP contribution in [0.2, 0.25) is 0 Å². The van der Waals surface area contributed by atoms with Crippen molar-refractivity contribution in [3.63, 3.8) is 0 Å². The molecule has 26 heavy (non-hydrogen) atoms. The number of benzene rings is 2. The Morgan fingerprint density at radius 2 is 2.04 bits per heavy atom. The molecule has 5 nitrogen and oxygen atoms in total. The van der Waals surface area contributed by atoms with Crippen LogP contribution in [0.15, 0.2) is 60.8 Å². The van der Waals surface area contributed by atoms with Gasteiger partial charge in [-0.15, -0.1) is 0 Å². The van der Waals surface area contributed by atoms with Crippen LogP contribution in [0.4, 0.5) is 0 Å². The van der Waals surface area contributed by atoms with Gasteiger partial charge in [0.1, 0.15) is 17.4 Å². The molecule has 5 heteroatoms. The fourth-order valence-electron chi connectivity index (χ4n) is 3.26. The number of amides is 1. The van der Waals surface area contributed by atoms with Gasteiger partial charge in [0.05, 0.1) is 18.2 Å². The maximum absolute atomic E-state index is 12.7. The Kier molecular flexibility index (Phi) is 4.24. The van der Waals surface area contributed by atoms with Crippen LogP contribution in [-0.4, -0.2) is 35.0 Å². The van der Waals surface area contributed by atoms with Crippen LogP contribution in [0, 0.1) is 11.3 Å². The molecule has 2 heterocycles. The number of rotatable bonds is 3. The first kappa shape index (κ1) is 16.1. The van der Waals surface area contributed by atoms with E-state index in [4.69, 9.17) is 10.00 Å². The largest absolute Gasteiger partial charge is 0.486 e. The molecular formula is C21H17N3O2. The normalized spacial score (nSPS) is 16.4. The maximum Gasteiger partial charge on any atom is 0.254 e. The van der Waals surface area contributed by atoms with E-state index in [2.05, 4.69) is 11.1 Å². The summed E-state index contributed by atoms with van der Waals surface area (Å²) in [7, 11) is 0. The van der Waals surface area contributed by atoms with Crippen molar-refractivity contribution in [1.82, 2.24) is 9.88 Å².